The van der Waals surface area contributed by atoms with Crippen molar-refractivity contribution < 1.29 is 22.8 Å². The fraction of sp³-hybridized carbons (Fsp3) is 0.429. The van der Waals surface area contributed by atoms with Crippen LogP contribution in [-0.4, -0.2) is 39.8 Å². The Morgan fingerprint density at radius 1 is 1.17 bits per heavy atom. The lowest BCUT2D eigenvalue weighted by Crippen LogP contribution is -2.40. The van der Waals surface area contributed by atoms with E-state index in [2.05, 4.69) is 15.3 Å². The quantitative estimate of drug-likeness (QED) is 0.791. The maximum Gasteiger partial charge on any atom is 0.416 e. The van der Waals surface area contributed by atoms with E-state index in [1.54, 1.807) is 18.0 Å². The van der Waals surface area contributed by atoms with Gasteiger partial charge in [-0.15, -0.1) is 0 Å². The highest BCUT2D eigenvalue weighted by Crippen LogP contribution is 2.30. The maximum absolute atomic E-state index is 12.6. The number of alkyl halides is 3. The topological polar surface area (TPSA) is 75.2 Å². The molecule has 3 rings (SSSR count). The van der Waals surface area contributed by atoms with Gasteiger partial charge in [-0.1, -0.05) is 0 Å². The smallest absolute Gasteiger partial charge is 0.337 e. The van der Waals surface area contributed by atoms with Crippen LogP contribution >= 0.6 is 0 Å². The lowest BCUT2D eigenvalue weighted by molar-refractivity contribution is -0.137. The number of anilines is 1. The summed E-state index contributed by atoms with van der Waals surface area (Å²) in [5, 5.41) is 2.62. The largest absolute Gasteiger partial charge is 0.416 e. The molecule has 1 aromatic carbocycles. The monoisotopic (exact) mass is 420 g/mol. The highest BCUT2D eigenvalue weighted by molar-refractivity contribution is 5.92. The summed E-state index contributed by atoms with van der Waals surface area (Å²) >= 11 is 0. The van der Waals surface area contributed by atoms with Crippen LogP contribution in [-0.2, 0) is 11.0 Å². The normalized spacial score (nSPS) is 16.9. The van der Waals surface area contributed by atoms with Crippen molar-refractivity contribution in [3.05, 3.63) is 53.6 Å². The lowest BCUT2D eigenvalue weighted by atomic mass is 9.93. The molecule has 1 aliphatic heterocycles. The first-order chi connectivity index (χ1) is 14.2. The van der Waals surface area contributed by atoms with E-state index in [1.807, 2.05) is 0 Å². The summed E-state index contributed by atoms with van der Waals surface area (Å²) in [7, 11) is 0. The number of nitrogens with one attached hydrogen (secondary N) is 1. The lowest BCUT2D eigenvalue weighted by Gasteiger charge is -2.32. The number of halogens is 3. The van der Waals surface area contributed by atoms with Crippen LogP contribution in [0.25, 0.3) is 0 Å². The van der Waals surface area contributed by atoms with E-state index in [1.165, 1.54) is 18.3 Å². The molecule has 0 bridgehead atoms. The molecule has 6 nitrogen and oxygen atoms in total. The number of aromatic nitrogens is 2. The average Bonchev–Trinajstić information content (AvgIpc) is 2.72. The molecule has 9 heteroatoms. The van der Waals surface area contributed by atoms with Gasteiger partial charge in [-0.25, -0.2) is 4.98 Å². The molecule has 0 aliphatic carbocycles. The van der Waals surface area contributed by atoms with Crippen LogP contribution in [0.5, 0.6) is 0 Å². The SMILES string of the molecule is Cc1cnc(C(=O)N2CCCC(CCC(=O)Nc3ccc(C(F)(F)F)cc3)C2)cn1. The van der Waals surface area contributed by atoms with Crippen molar-refractivity contribution in [3.8, 4) is 0 Å². The summed E-state index contributed by atoms with van der Waals surface area (Å²) in [6.45, 7) is 2.98. The van der Waals surface area contributed by atoms with Crippen LogP contribution in [0.2, 0.25) is 0 Å². The Bertz CT molecular complexity index is 883. The van der Waals surface area contributed by atoms with Gasteiger partial charge in [0.1, 0.15) is 5.69 Å². The predicted molar refractivity (Wildman–Crippen MR) is 105 cm³/mol. The third-order valence-corrected chi connectivity index (χ3v) is 5.08. The first kappa shape index (κ1) is 21.7. The second-order valence-corrected chi connectivity index (χ2v) is 7.46. The molecular formula is C21H23F3N4O2. The van der Waals surface area contributed by atoms with E-state index in [-0.39, 0.29) is 24.2 Å². The Morgan fingerprint density at radius 3 is 2.53 bits per heavy atom. The van der Waals surface area contributed by atoms with Crippen LogP contribution in [0.4, 0.5) is 18.9 Å². The minimum Gasteiger partial charge on any atom is -0.337 e. The summed E-state index contributed by atoms with van der Waals surface area (Å²) in [5.41, 5.74) is 0.612. The molecule has 160 valence electrons. The molecule has 1 N–H and O–H groups in total. The van der Waals surface area contributed by atoms with E-state index in [0.717, 1.165) is 30.7 Å². The Balaban J connectivity index is 1.48. The van der Waals surface area contributed by atoms with Gasteiger partial charge in [0, 0.05) is 31.4 Å². The molecule has 1 aromatic heterocycles. The first-order valence-electron chi connectivity index (χ1n) is 9.77. The highest BCUT2D eigenvalue weighted by atomic mass is 19.4. The number of hydrogen-bond acceptors (Lipinski definition) is 4. The number of nitrogens with zero attached hydrogens (tertiary/aromatic N) is 3. The van der Waals surface area contributed by atoms with Gasteiger partial charge in [-0.05, 0) is 56.4 Å². The third-order valence-electron chi connectivity index (χ3n) is 5.08. The van der Waals surface area contributed by atoms with Crippen molar-refractivity contribution in [3.63, 3.8) is 0 Å². The van der Waals surface area contributed by atoms with Crippen molar-refractivity contribution in [1.29, 1.82) is 0 Å². The average molecular weight is 420 g/mol. The van der Waals surface area contributed by atoms with E-state index < -0.39 is 11.7 Å². The van der Waals surface area contributed by atoms with Gasteiger partial charge in [0.25, 0.3) is 5.91 Å². The summed E-state index contributed by atoms with van der Waals surface area (Å²) in [5.74, 6) is -0.247. The fourth-order valence-corrected chi connectivity index (χ4v) is 3.45. The van der Waals surface area contributed by atoms with Crippen molar-refractivity contribution in [1.82, 2.24) is 14.9 Å². The number of hydrogen-bond donors (Lipinski definition) is 1. The number of carbonyl (C=O) groups is 2. The summed E-state index contributed by atoms with van der Waals surface area (Å²) in [4.78, 5) is 34.7. The summed E-state index contributed by atoms with van der Waals surface area (Å²) in [6.07, 6.45) is 1.21. The Hall–Kier alpha value is -2.97. The second kappa shape index (κ2) is 9.23. The zero-order valence-corrected chi connectivity index (χ0v) is 16.6. The number of amides is 2. The molecule has 30 heavy (non-hydrogen) atoms. The van der Waals surface area contributed by atoms with E-state index in [0.29, 0.717) is 30.9 Å². The number of likely N-dealkylation sites (tertiary alicyclic amines) is 1. The standard InChI is InChI=1S/C21H23F3N4O2/c1-14-11-26-18(12-25-14)20(30)28-10-2-3-15(13-28)4-9-19(29)27-17-7-5-16(6-8-17)21(22,23)24/h5-8,11-12,15H,2-4,9-10,13H2,1H3,(H,27,29). The van der Waals surface area contributed by atoms with Crippen molar-refractivity contribution in [2.75, 3.05) is 18.4 Å². The zero-order chi connectivity index (χ0) is 21.7. The van der Waals surface area contributed by atoms with E-state index in [9.17, 15) is 22.8 Å². The number of benzene rings is 1. The third kappa shape index (κ3) is 5.77. The van der Waals surface area contributed by atoms with E-state index >= 15 is 0 Å². The van der Waals surface area contributed by atoms with Crippen molar-refractivity contribution in [2.45, 2.75) is 38.8 Å². The Labute approximate surface area is 172 Å². The van der Waals surface area contributed by atoms with Gasteiger partial charge < -0.3 is 10.2 Å². The van der Waals surface area contributed by atoms with Gasteiger partial charge in [0.15, 0.2) is 0 Å². The first-order valence-corrected chi connectivity index (χ1v) is 9.77. The molecule has 2 heterocycles. The van der Waals surface area contributed by atoms with Crippen LogP contribution < -0.4 is 5.32 Å². The summed E-state index contributed by atoms with van der Waals surface area (Å²) < 4.78 is 37.8. The zero-order valence-electron chi connectivity index (χ0n) is 16.6. The number of aryl methyl sites for hydroxylation is 1. The van der Waals surface area contributed by atoms with Crippen LogP contribution in [0.3, 0.4) is 0 Å². The van der Waals surface area contributed by atoms with Crippen LogP contribution in [0.1, 0.15) is 47.4 Å². The number of rotatable bonds is 5. The molecule has 1 saturated heterocycles. The van der Waals surface area contributed by atoms with E-state index in [4.69, 9.17) is 0 Å². The molecule has 0 radical (unpaired) electrons. The minimum atomic E-state index is -4.41. The van der Waals surface area contributed by atoms with Gasteiger partial charge in [-0.3, -0.25) is 14.6 Å². The van der Waals surface area contributed by atoms with Gasteiger partial charge in [0.05, 0.1) is 17.5 Å². The molecule has 1 fully saturated rings. The highest BCUT2D eigenvalue weighted by Gasteiger charge is 2.30. The van der Waals surface area contributed by atoms with Crippen LogP contribution in [0.15, 0.2) is 36.7 Å². The number of piperidine rings is 1. The molecule has 1 atom stereocenters. The minimum absolute atomic E-state index is 0.165. The Kier molecular flexibility index (Phi) is 6.69. The van der Waals surface area contributed by atoms with Gasteiger partial charge in [0.2, 0.25) is 5.91 Å². The molecular weight excluding hydrogens is 397 g/mol. The second-order valence-electron chi connectivity index (χ2n) is 7.46. The molecule has 2 aromatic rings. The molecule has 0 saturated carbocycles. The number of carbonyl (C=O) groups excluding carboxylic acids is 2. The Morgan fingerprint density at radius 2 is 1.90 bits per heavy atom. The molecule has 1 aliphatic rings. The molecule has 2 amide bonds. The van der Waals surface area contributed by atoms with Crippen LogP contribution in [0, 0.1) is 12.8 Å². The molecule has 0 spiro atoms. The molecule has 1 unspecified atom stereocenters. The summed E-state index contributed by atoms with van der Waals surface area (Å²) in [6, 6.07) is 4.36. The van der Waals surface area contributed by atoms with Gasteiger partial charge in [-0.2, -0.15) is 13.2 Å². The van der Waals surface area contributed by atoms with Gasteiger partial charge >= 0.3 is 6.18 Å². The van der Waals surface area contributed by atoms with Crippen molar-refractivity contribution in [2.24, 2.45) is 5.92 Å². The van der Waals surface area contributed by atoms with Crippen molar-refractivity contribution >= 4 is 17.5 Å². The maximum atomic E-state index is 12.6. The fourth-order valence-electron chi connectivity index (χ4n) is 3.45. The predicted octanol–water partition coefficient (Wildman–Crippen LogP) is 4.07.